The van der Waals surface area contributed by atoms with Crippen molar-refractivity contribution in [1.82, 2.24) is 0 Å². The summed E-state index contributed by atoms with van der Waals surface area (Å²) in [6.45, 7) is 0. The Kier molecular flexibility index (Phi) is 241. The summed E-state index contributed by atoms with van der Waals surface area (Å²) in [5.41, 5.74) is 0. The van der Waals surface area contributed by atoms with E-state index in [2.05, 4.69) is 0 Å². The topological polar surface area (TPSA) is 57.0 Å². The predicted molar refractivity (Wildman–Crippen MR) is 8.74 cm³/mol. The molecule has 0 spiro atoms. The molecule has 0 aromatic rings. The van der Waals surface area contributed by atoms with Gasteiger partial charge in [0.05, 0.1) is 0 Å². The molecule has 0 unspecified atom stereocenters. The van der Waals surface area contributed by atoms with Crippen LogP contribution in [0.25, 0.3) is 0 Å². The van der Waals surface area contributed by atoms with Crippen molar-refractivity contribution in [2.75, 3.05) is 0 Å². The first kappa shape index (κ1) is 43.3. The van der Waals surface area contributed by atoms with Crippen LogP contribution in [0, 0.1) is 83.5 Å². The van der Waals surface area contributed by atoms with Crippen LogP contribution in [-0.2, 0) is 24.4 Å². The zero-order valence-corrected chi connectivity index (χ0v) is 9.32. The van der Waals surface area contributed by atoms with Crippen LogP contribution < -0.4 is 0 Å². The van der Waals surface area contributed by atoms with Gasteiger partial charge in [-0.25, -0.2) is 0 Å². The first-order chi connectivity index (χ1) is 0. The van der Waals surface area contributed by atoms with E-state index in [0.29, 0.717) is 0 Å². The molecule has 0 heterocycles. The maximum atomic E-state index is 0. The third kappa shape index (κ3) is 19.4. The molecule has 0 rings (SSSR count). The van der Waals surface area contributed by atoms with E-state index in [4.69, 9.17) is 0 Å². The van der Waals surface area contributed by atoms with Crippen molar-refractivity contribution >= 4 is 13.5 Å². The van der Waals surface area contributed by atoms with Crippen LogP contribution in [0.4, 0.5) is 0 Å². The van der Waals surface area contributed by atoms with Crippen LogP contribution in [0.5, 0.6) is 0 Å². The van der Waals surface area contributed by atoms with Gasteiger partial charge in [-0.1, -0.05) is 0 Å². The Labute approximate surface area is 105 Å². The second-order valence-electron chi connectivity index (χ2n) is 0. The molecule has 0 amide bonds. The van der Waals surface area contributed by atoms with Crippen LogP contribution >= 0.6 is 0 Å². The van der Waals surface area contributed by atoms with Crippen LogP contribution in [0.1, 0.15) is 0 Å². The number of rotatable bonds is 0. The van der Waals surface area contributed by atoms with Crippen molar-refractivity contribution in [3.63, 3.8) is 0 Å². The Hall–Kier alpha value is 3.02. The zero-order chi connectivity index (χ0) is 0. The molecule has 2 radical (unpaired) electrons. The first-order valence-electron chi connectivity index (χ1n) is 0. The van der Waals surface area contributed by atoms with Crippen molar-refractivity contribution < 1.29 is 94.4 Å². The van der Waals surface area contributed by atoms with Gasteiger partial charge in [0.15, 0.2) is 0 Å². The Morgan fingerprint density at radius 2 is 0.600 bits per heavy atom. The molecule has 5 heteroatoms. The molecule has 0 aromatic carbocycles. The molecule has 0 aromatic heterocycles. The standard InChI is InChI=1S/2Ce.2O.S/q2*+3;3*-2. The van der Waals surface area contributed by atoms with Gasteiger partial charge < -0.3 is 24.4 Å². The fraction of sp³-hybridized carbons (Fsp3) is 0. The molecule has 26 valence electrons. The molecular weight excluding hydrogens is 344 g/mol. The van der Waals surface area contributed by atoms with E-state index in [1.54, 1.807) is 0 Å². The monoisotopic (exact) mass is 344 g/mol. The van der Waals surface area contributed by atoms with E-state index in [9.17, 15) is 0 Å². The summed E-state index contributed by atoms with van der Waals surface area (Å²) in [5.74, 6) is 0. The second-order valence-corrected chi connectivity index (χ2v) is 0. The van der Waals surface area contributed by atoms with E-state index < -0.39 is 0 Å². The molecule has 0 N–H and O–H groups in total. The maximum absolute atomic E-state index is 0. The van der Waals surface area contributed by atoms with Crippen LogP contribution in [0.3, 0.4) is 0 Å². The Balaban J connectivity index is 0. The van der Waals surface area contributed by atoms with Gasteiger partial charge in [0.2, 0.25) is 0 Å². The van der Waals surface area contributed by atoms with E-state index in [-0.39, 0.29) is 108 Å². The zero-order valence-electron chi connectivity index (χ0n) is 2.22. The first-order valence-corrected chi connectivity index (χ1v) is 0. The van der Waals surface area contributed by atoms with Gasteiger partial charge in [0, 0.05) is 0 Å². The summed E-state index contributed by atoms with van der Waals surface area (Å²) >= 11 is 0. The SMILES string of the molecule is [Ce+3].[Ce+3].[O-2].[O-2].[S-2]. The third-order valence-corrected chi connectivity index (χ3v) is 0. The van der Waals surface area contributed by atoms with E-state index in [1.165, 1.54) is 0 Å². The molecule has 0 bridgehead atoms. The fourth-order valence-corrected chi connectivity index (χ4v) is 0. The van der Waals surface area contributed by atoms with Gasteiger partial charge in [0.1, 0.15) is 0 Å². The quantitative estimate of drug-likeness (QED) is 0.583. The summed E-state index contributed by atoms with van der Waals surface area (Å²) in [4.78, 5) is 0. The van der Waals surface area contributed by atoms with Crippen LogP contribution in [0.15, 0.2) is 0 Å². The number of hydrogen-bond donors (Lipinski definition) is 0. The van der Waals surface area contributed by atoms with Gasteiger partial charge in [0.25, 0.3) is 0 Å². The average Bonchev–Trinajstić information content (AvgIpc) is 0. The molecule has 0 atom stereocenters. The average molecular weight is 344 g/mol. The van der Waals surface area contributed by atoms with Gasteiger partial charge in [-0.3, -0.25) is 0 Å². The molecular formula is Ce2O2S. The van der Waals surface area contributed by atoms with Crippen molar-refractivity contribution in [2.45, 2.75) is 0 Å². The van der Waals surface area contributed by atoms with Crippen LogP contribution in [-0.4, -0.2) is 0 Å². The molecule has 2 nitrogen and oxygen atoms in total. The predicted octanol–water partition coefficient (Wildman–Crippen LogP) is -0.240. The van der Waals surface area contributed by atoms with Crippen molar-refractivity contribution in [3.05, 3.63) is 0 Å². The molecule has 0 saturated carbocycles. The van der Waals surface area contributed by atoms with Gasteiger partial charge >= 0.3 is 83.5 Å². The van der Waals surface area contributed by atoms with Crippen LogP contribution in [0.2, 0.25) is 0 Å². The molecule has 0 aliphatic carbocycles. The fourth-order valence-electron chi connectivity index (χ4n) is 0. The Bertz CT molecular complexity index is 7.61. The molecule has 0 aliphatic rings. The summed E-state index contributed by atoms with van der Waals surface area (Å²) in [6, 6.07) is 0. The van der Waals surface area contributed by atoms with Gasteiger partial charge in [-0.2, -0.15) is 0 Å². The summed E-state index contributed by atoms with van der Waals surface area (Å²) < 4.78 is 0. The summed E-state index contributed by atoms with van der Waals surface area (Å²) in [5, 5.41) is 0. The van der Waals surface area contributed by atoms with Crippen molar-refractivity contribution in [1.29, 1.82) is 0 Å². The van der Waals surface area contributed by atoms with Gasteiger partial charge in [-0.15, -0.1) is 0 Å². The minimum Gasteiger partial charge on any atom is -2.00 e. The Morgan fingerprint density at radius 1 is 0.600 bits per heavy atom. The van der Waals surface area contributed by atoms with Gasteiger partial charge in [-0.05, 0) is 0 Å². The number of hydrogen-bond acceptors (Lipinski definition) is 0. The van der Waals surface area contributed by atoms with E-state index in [0.717, 1.165) is 0 Å². The molecule has 0 fully saturated rings. The van der Waals surface area contributed by atoms with Crippen molar-refractivity contribution in [2.24, 2.45) is 0 Å². The van der Waals surface area contributed by atoms with E-state index in [1.807, 2.05) is 0 Å². The minimum absolute atomic E-state index is 0. The molecule has 0 saturated heterocycles. The summed E-state index contributed by atoms with van der Waals surface area (Å²) in [7, 11) is 0. The Morgan fingerprint density at radius 3 is 0.600 bits per heavy atom. The molecule has 0 aliphatic heterocycles. The van der Waals surface area contributed by atoms with E-state index >= 15 is 0 Å². The smallest absolute Gasteiger partial charge is 2.00 e. The van der Waals surface area contributed by atoms with Crippen molar-refractivity contribution in [3.8, 4) is 0 Å². The second kappa shape index (κ2) is 27.9. The normalized spacial score (nSPS) is 0. The minimum atomic E-state index is 0. The largest absolute Gasteiger partial charge is 3.00 e. The molecule has 5 heavy (non-hydrogen) atoms. The maximum Gasteiger partial charge on any atom is 3.00 e. The third-order valence-electron chi connectivity index (χ3n) is 0. The summed E-state index contributed by atoms with van der Waals surface area (Å²) in [6.07, 6.45) is 0.